The molecule has 1 aliphatic carbocycles. The van der Waals surface area contributed by atoms with Crippen molar-refractivity contribution in [1.29, 1.82) is 0 Å². The first kappa shape index (κ1) is 13.3. The van der Waals surface area contributed by atoms with Crippen molar-refractivity contribution in [2.24, 2.45) is 0 Å². The molecule has 0 bridgehead atoms. The van der Waals surface area contributed by atoms with E-state index in [2.05, 4.69) is 59.7 Å². The minimum atomic E-state index is 0.136. The minimum Gasteiger partial charge on any atom is -0.303 e. The molecule has 2 heteroatoms. The molecule has 0 aliphatic heterocycles. The van der Waals surface area contributed by atoms with Crippen molar-refractivity contribution >= 4 is 0 Å². The molecule has 1 aliphatic rings. The van der Waals surface area contributed by atoms with Crippen LogP contribution in [0.25, 0.3) is 0 Å². The number of hydrogen-bond acceptors (Lipinski definition) is 2. The summed E-state index contributed by atoms with van der Waals surface area (Å²) in [5.74, 6) is 0. The number of hydrogen-bond donors (Lipinski definition) is 1. The third-order valence-corrected chi connectivity index (χ3v) is 4.20. The molecular weight excluding hydrogens is 244 g/mol. The van der Waals surface area contributed by atoms with E-state index in [0.29, 0.717) is 6.04 Å². The average Bonchev–Trinajstić information content (AvgIpc) is 3.29. The second-order valence-corrected chi connectivity index (χ2v) is 5.74. The Bertz CT molecular complexity index is 532. The van der Waals surface area contributed by atoms with Crippen LogP contribution in [0.3, 0.4) is 0 Å². The predicted molar refractivity (Wildman–Crippen MR) is 82.5 cm³/mol. The third-order valence-electron chi connectivity index (χ3n) is 4.20. The van der Waals surface area contributed by atoms with E-state index in [4.69, 9.17) is 0 Å². The number of rotatable bonds is 6. The molecular formula is C18H22N2. The largest absolute Gasteiger partial charge is 0.303 e. The zero-order valence-electron chi connectivity index (χ0n) is 12.0. The van der Waals surface area contributed by atoms with Crippen LogP contribution in [0.5, 0.6) is 0 Å². The standard InChI is InChI=1S/C18H22N2/c1-2-16(14-15-8-4-3-5-9-15)20-18(11-12-18)17-10-6-7-13-19-17/h3-10,13,16,20H,2,11-12,14H2,1H3. The van der Waals surface area contributed by atoms with E-state index in [-0.39, 0.29) is 5.54 Å². The molecule has 2 nitrogen and oxygen atoms in total. The normalized spacial score (nSPS) is 17.6. The van der Waals surface area contributed by atoms with Crippen molar-refractivity contribution in [1.82, 2.24) is 10.3 Å². The highest BCUT2D eigenvalue weighted by Gasteiger charge is 2.46. The highest BCUT2D eigenvalue weighted by atomic mass is 15.1. The molecule has 104 valence electrons. The molecule has 0 radical (unpaired) electrons. The van der Waals surface area contributed by atoms with Crippen LogP contribution in [-0.4, -0.2) is 11.0 Å². The Labute approximate surface area is 121 Å². The molecule has 1 atom stereocenters. The fourth-order valence-corrected chi connectivity index (χ4v) is 2.83. The van der Waals surface area contributed by atoms with Gasteiger partial charge in [-0.25, -0.2) is 0 Å². The molecule has 2 aromatic rings. The Morgan fingerprint density at radius 1 is 1.10 bits per heavy atom. The maximum Gasteiger partial charge on any atom is 0.0612 e. The van der Waals surface area contributed by atoms with Gasteiger partial charge in [0.15, 0.2) is 0 Å². The summed E-state index contributed by atoms with van der Waals surface area (Å²) in [6.45, 7) is 2.26. The summed E-state index contributed by atoms with van der Waals surface area (Å²) in [7, 11) is 0. The summed E-state index contributed by atoms with van der Waals surface area (Å²) in [4.78, 5) is 4.54. The first-order valence-electron chi connectivity index (χ1n) is 7.55. The molecule has 1 aromatic heterocycles. The van der Waals surface area contributed by atoms with Crippen LogP contribution in [0.2, 0.25) is 0 Å². The Morgan fingerprint density at radius 2 is 1.85 bits per heavy atom. The van der Waals surface area contributed by atoms with Crippen LogP contribution in [-0.2, 0) is 12.0 Å². The van der Waals surface area contributed by atoms with Gasteiger partial charge in [0, 0.05) is 12.2 Å². The highest BCUT2D eigenvalue weighted by Crippen LogP contribution is 2.45. The van der Waals surface area contributed by atoms with Crippen molar-refractivity contribution in [2.45, 2.75) is 44.2 Å². The Balaban J connectivity index is 1.69. The smallest absolute Gasteiger partial charge is 0.0612 e. The Kier molecular flexibility index (Phi) is 3.83. The summed E-state index contributed by atoms with van der Waals surface area (Å²) < 4.78 is 0. The Hall–Kier alpha value is -1.67. The van der Waals surface area contributed by atoms with Crippen LogP contribution < -0.4 is 5.32 Å². The number of nitrogens with one attached hydrogen (secondary N) is 1. The van der Waals surface area contributed by atoms with Gasteiger partial charge in [0.2, 0.25) is 0 Å². The molecule has 1 fully saturated rings. The van der Waals surface area contributed by atoms with Gasteiger partial charge in [-0.1, -0.05) is 43.3 Å². The minimum absolute atomic E-state index is 0.136. The van der Waals surface area contributed by atoms with Crippen molar-refractivity contribution in [3.63, 3.8) is 0 Å². The van der Waals surface area contributed by atoms with Crippen LogP contribution in [0.15, 0.2) is 54.7 Å². The van der Waals surface area contributed by atoms with Crippen LogP contribution in [0, 0.1) is 0 Å². The maximum atomic E-state index is 4.54. The second-order valence-electron chi connectivity index (χ2n) is 5.74. The lowest BCUT2D eigenvalue weighted by atomic mass is 10.0. The lowest BCUT2D eigenvalue weighted by Crippen LogP contribution is -2.39. The molecule has 0 spiro atoms. The topological polar surface area (TPSA) is 24.9 Å². The number of benzene rings is 1. The lowest BCUT2D eigenvalue weighted by molar-refractivity contribution is 0.400. The molecule has 1 unspecified atom stereocenters. The van der Waals surface area contributed by atoms with E-state index >= 15 is 0 Å². The van der Waals surface area contributed by atoms with Crippen molar-refractivity contribution in [2.75, 3.05) is 0 Å². The summed E-state index contributed by atoms with van der Waals surface area (Å²) in [6, 6.07) is 17.5. The van der Waals surface area contributed by atoms with E-state index < -0.39 is 0 Å². The summed E-state index contributed by atoms with van der Waals surface area (Å²) in [5, 5.41) is 3.86. The molecule has 1 saturated carbocycles. The van der Waals surface area contributed by atoms with Crippen molar-refractivity contribution in [3.8, 4) is 0 Å². The van der Waals surface area contributed by atoms with Gasteiger partial charge in [0.1, 0.15) is 0 Å². The maximum absolute atomic E-state index is 4.54. The van der Waals surface area contributed by atoms with Gasteiger partial charge in [-0.15, -0.1) is 0 Å². The summed E-state index contributed by atoms with van der Waals surface area (Å²) in [5.41, 5.74) is 2.74. The zero-order valence-corrected chi connectivity index (χ0v) is 12.0. The van der Waals surface area contributed by atoms with Gasteiger partial charge in [-0.3, -0.25) is 4.98 Å². The predicted octanol–water partition coefficient (Wildman–Crippen LogP) is 3.68. The molecule has 20 heavy (non-hydrogen) atoms. The summed E-state index contributed by atoms with van der Waals surface area (Å²) >= 11 is 0. The van der Waals surface area contributed by atoms with E-state index in [1.54, 1.807) is 0 Å². The first-order valence-corrected chi connectivity index (χ1v) is 7.55. The summed E-state index contributed by atoms with van der Waals surface area (Å²) in [6.07, 6.45) is 6.54. The van der Waals surface area contributed by atoms with Crippen LogP contribution >= 0.6 is 0 Å². The van der Waals surface area contributed by atoms with Gasteiger partial charge in [-0.2, -0.15) is 0 Å². The van der Waals surface area contributed by atoms with Gasteiger partial charge in [-0.05, 0) is 43.4 Å². The van der Waals surface area contributed by atoms with E-state index in [0.717, 1.165) is 12.8 Å². The Morgan fingerprint density at radius 3 is 2.45 bits per heavy atom. The molecule has 0 amide bonds. The van der Waals surface area contributed by atoms with Gasteiger partial charge in [0.05, 0.1) is 11.2 Å². The zero-order chi connectivity index (χ0) is 13.8. The molecule has 3 rings (SSSR count). The fourth-order valence-electron chi connectivity index (χ4n) is 2.83. The second kappa shape index (κ2) is 5.76. The molecule has 0 saturated heterocycles. The SMILES string of the molecule is CCC(Cc1ccccc1)NC1(c2ccccn2)CC1. The number of nitrogens with zero attached hydrogens (tertiary/aromatic N) is 1. The van der Waals surface area contributed by atoms with Gasteiger partial charge < -0.3 is 5.32 Å². The monoisotopic (exact) mass is 266 g/mol. The number of aromatic nitrogens is 1. The highest BCUT2D eigenvalue weighted by molar-refractivity contribution is 5.24. The molecule has 1 aromatic carbocycles. The van der Waals surface area contributed by atoms with E-state index in [1.807, 2.05) is 12.3 Å². The van der Waals surface area contributed by atoms with Crippen LogP contribution in [0.1, 0.15) is 37.4 Å². The van der Waals surface area contributed by atoms with E-state index in [1.165, 1.54) is 24.1 Å². The first-order chi connectivity index (χ1) is 9.82. The molecule has 1 N–H and O–H groups in total. The van der Waals surface area contributed by atoms with Gasteiger partial charge in [0.25, 0.3) is 0 Å². The third kappa shape index (κ3) is 2.91. The molecule has 1 heterocycles. The van der Waals surface area contributed by atoms with E-state index in [9.17, 15) is 0 Å². The average molecular weight is 266 g/mol. The quantitative estimate of drug-likeness (QED) is 0.862. The fraction of sp³-hybridized carbons (Fsp3) is 0.389. The van der Waals surface area contributed by atoms with Crippen molar-refractivity contribution < 1.29 is 0 Å². The number of pyridine rings is 1. The van der Waals surface area contributed by atoms with Gasteiger partial charge >= 0.3 is 0 Å². The van der Waals surface area contributed by atoms with Crippen molar-refractivity contribution in [3.05, 3.63) is 66.0 Å². The van der Waals surface area contributed by atoms with Crippen LogP contribution in [0.4, 0.5) is 0 Å². The lowest BCUT2D eigenvalue weighted by Gasteiger charge is -2.24.